The van der Waals surface area contributed by atoms with Crippen molar-refractivity contribution in [2.45, 2.75) is 18.9 Å². The zero-order chi connectivity index (χ0) is 16.7. The van der Waals surface area contributed by atoms with Crippen LogP contribution in [0.2, 0.25) is 0 Å². The van der Waals surface area contributed by atoms with E-state index in [0.29, 0.717) is 42.5 Å². The van der Waals surface area contributed by atoms with Crippen LogP contribution in [-0.2, 0) is 9.53 Å². The summed E-state index contributed by atoms with van der Waals surface area (Å²) < 4.78 is 4.75. The molecule has 4 rings (SSSR count). The quantitative estimate of drug-likeness (QED) is 0.861. The number of cyclic esters (lactones) is 1. The highest BCUT2D eigenvalue weighted by molar-refractivity contribution is 5.99. The molecule has 3 amide bonds. The lowest BCUT2D eigenvalue weighted by atomic mass is 10.0. The van der Waals surface area contributed by atoms with E-state index in [1.54, 1.807) is 23.1 Å². The lowest BCUT2D eigenvalue weighted by molar-refractivity contribution is -0.127. The summed E-state index contributed by atoms with van der Waals surface area (Å²) in [5.74, 6) is -0.394. The summed E-state index contributed by atoms with van der Waals surface area (Å²) in [6, 6.07) is 4.97. The number of nitrogens with one attached hydrogen (secondary N) is 1. The minimum absolute atomic E-state index is 0.0892. The van der Waals surface area contributed by atoms with Crippen molar-refractivity contribution in [3.8, 4) is 0 Å². The summed E-state index contributed by atoms with van der Waals surface area (Å²) in [6.07, 6.45) is 0.527. The fraction of sp³-hybridized carbons (Fsp3) is 0.400. The molecule has 9 heteroatoms. The molecule has 3 heterocycles. The van der Waals surface area contributed by atoms with Gasteiger partial charge in [0.2, 0.25) is 0 Å². The molecule has 2 aliphatic rings. The first kappa shape index (κ1) is 14.6. The van der Waals surface area contributed by atoms with Crippen molar-refractivity contribution in [2.24, 2.45) is 0 Å². The predicted molar refractivity (Wildman–Crippen MR) is 81.0 cm³/mol. The summed E-state index contributed by atoms with van der Waals surface area (Å²) in [5.41, 5.74) is 1.89. The smallest absolute Gasteiger partial charge is 0.417 e. The van der Waals surface area contributed by atoms with Gasteiger partial charge in [-0.15, -0.1) is 0 Å². The van der Waals surface area contributed by atoms with Crippen LogP contribution in [0, 0.1) is 0 Å². The van der Waals surface area contributed by atoms with E-state index >= 15 is 0 Å². The lowest BCUT2D eigenvalue weighted by Gasteiger charge is -2.34. The highest BCUT2D eigenvalue weighted by Gasteiger charge is 2.39. The molecule has 0 bridgehead atoms. The second-order valence-corrected chi connectivity index (χ2v) is 5.87. The number of amides is 3. The molecule has 0 atom stereocenters. The lowest BCUT2D eigenvalue weighted by Crippen LogP contribution is -2.48. The molecule has 0 aliphatic carbocycles. The number of imide groups is 1. The SMILES string of the molecule is O=C(c1ccc2n[nH]nc2c1)N1CCC(N2C(=O)COC2=O)CC1. The molecular weight excluding hydrogens is 314 g/mol. The number of carbonyl (C=O) groups excluding carboxylic acids is 3. The standard InChI is InChI=1S/C15H15N5O4/c21-13-8-24-15(23)20(13)10-3-5-19(6-4-10)14(22)9-1-2-11-12(7-9)17-18-16-11/h1-2,7,10H,3-6,8H2,(H,16,17,18). The van der Waals surface area contributed by atoms with Gasteiger partial charge in [-0.2, -0.15) is 15.4 Å². The third-order valence-electron chi connectivity index (χ3n) is 4.46. The Hall–Kier alpha value is -2.97. The molecule has 0 spiro atoms. The maximum Gasteiger partial charge on any atom is 0.417 e. The number of H-pyrrole nitrogens is 1. The van der Waals surface area contributed by atoms with Crippen molar-refractivity contribution >= 4 is 28.9 Å². The third-order valence-corrected chi connectivity index (χ3v) is 4.46. The summed E-state index contributed by atoms with van der Waals surface area (Å²) in [5, 5.41) is 10.5. The van der Waals surface area contributed by atoms with Gasteiger partial charge in [0.25, 0.3) is 11.8 Å². The Morgan fingerprint density at radius 3 is 2.62 bits per heavy atom. The molecule has 0 radical (unpaired) electrons. The summed E-state index contributed by atoms with van der Waals surface area (Å²) in [4.78, 5) is 38.8. The average molecular weight is 329 g/mol. The van der Waals surface area contributed by atoms with Gasteiger partial charge in [-0.1, -0.05) is 0 Å². The van der Waals surface area contributed by atoms with Crippen LogP contribution in [0.3, 0.4) is 0 Å². The van der Waals surface area contributed by atoms with E-state index in [1.165, 1.54) is 4.90 Å². The Kier molecular flexibility index (Phi) is 3.40. The number of aromatic amines is 1. The van der Waals surface area contributed by atoms with Gasteiger partial charge < -0.3 is 9.64 Å². The Morgan fingerprint density at radius 1 is 1.17 bits per heavy atom. The summed E-state index contributed by atoms with van der Waals surface area (Å²) >= 11 is 0. The van der Waals surface area contributed by atoms with E-state index < -0.39 is 6.09 Å². The largest absolute Gasteiger partial charge is 0.439 e. The van der Waals surface area contributed by atoms with E-state index in [-0.39, 0.29) is 24.5 Å². The van der Waals surface area contributed by atoms with Gasteiger partial charge in [0.1, 0.15) is 11.0 Å². The van der Waals surface area contributed by atoms with Gasteiger partial charge in [0.15, 0.2) is 6.61 Å². The molecule has 2 aliphatic heterocycles. The summed E-state index contributed by atoms with van der Waals surface area (Å²) in [6.45, 7) is 0.782. The van der Waals surface area contributed by atoms with Crippen molar-refractivity contribution in [3.05, 3.63) is 23.8 Å². The number of rotatable bonds is 2. The first-order valence-electron chi connectivity index (χ1n) is 7.72. The number of benzene rings is 1. The van der Waals surface area contributed by atoms with Gasteiger partial charge in [-0.05, 0) is 31.0 Å². The molecule has 2 aromatic rings. The maximum atomic E-state index is 12.6. The topological polar surface area (TPSA) is 108 Å². The van der Waals surface area contributed by atoms with Crippen molar-refractivity contribution in [3.63, 3.8) is 0 Å². The number of piperidine rings is 1. The number of hydrogen-bond donors (Lipinski definition) is 1. The highest BCUT2D eigenvalue weighted by atomic mass is 16.6. The minimum atomic E-state index is -0.582. The van der Waals surface area contributed by atoms with Crippen LogP contribution in [0.1, 0.15) is 23.2 Å². The van der Waals surface area contributed by atoms with E-state index in [0.717, 1.165) is 0 Å². The number of likely N-dealkylation sites (tertiary alicyclic amines) is 1. The van der Waals surface area contributed by atoms with E-state index in [2.05, 4.69) is 15.4 Å². The third kappa shape index (κ3) is 2.38. The highest BCUT2D eigenvalue weighted by Crippen LogP contribution is 2.22. The van der Waals surface area contributed by atoms with Crippen LogP contribution in [-0.4, -0.2) is 68.9 Å². The van der Waals surface area contributed by atoms with Crippen molar-refractivity contribution < 1.29 is 19.1 Å². The minimum Gasteiger partial charge on any atom is -0.439 e. The molecule has 2 fully saturated rings. The Bertz CT molecular complexity index is 808. The van der Waals surface area contributed by atoms with Crippen molar-refractivity contribution in [2.75, 3.05) is 19.7 Å². The molecule has 124 valence electrons. The van der Waals surface area contributed by atoms with Crippen LogP contribution in [0.5, 0.6) is 0 Å². The van der Waals surface area contributed by atoms with Crippen LogP contribution >= 0.6 is 0 Å². The second kappa shape index (κ2) is 5.59. The van der Waals surface area contributed by atoms with Gasteiger partial charge in [-0.25, -0.2) is 9.69 Å². The number of hydrogen-bond acceptors (Lipinski definition) is 6. The number of aromatic nitrogens is 3. The number of fused-ring (bicyclic) bond motifs is 1. The van der Waals surface area contributed by atoms with E-state index in [9.17, 15) is 14.4 Å². The van der Waals surface area contributed by atoms with Gasteiger partial charge in [0.05, 0.1) is 0 Å². The average Bonchev–Trinajstić information content (AvgIpc) is 3.20. The molecule has 1 N–H and O–H groups in total. The van der Waals surface area contributed by atoms with Gasteiger partial charge >= 0.3 is 6.09 Å². The zero-order valence-corrected chi connectivity index (χ0v) is 12.8. The van der Waals surface area contributed by atoms with Crippen LogP contribution in [0.15, 0.2) is 18.2 Å². The van der Waals surface area contributed by atoms with Crippen LogP contribution < -0.4 is 0 Å². The number of ether oxygens (including phenoxy) is 1. The predicted octanol–water partition coefficient (Wildman–Crippen LogP) is 0.541. The Labute approximate surface area is 136 Å². The van der Waals surface area contributed by atoms with Gasteiger partial charge in [0, 0.05) is 24.7 Å². The number of nitrogens with zero attached hydrogens (tertiary/aromatic N) is 4. The first-order chi connectivity index (χ1) is 11.6. The van der Waals surface area contributed by atoms with Crippen molar-refractivity contribution in [1.29, 1.82) is 0 Å². The fourth-order valence-electron chi connectivity index (χ4n) is 3.20. The van der Waals surface area contributed by atoms with Crippen LogP contribution in [0.4, 0.5) is 4.79 Å². The van der Waals surface area contributed by atoms with Crippen molar-refractivity contribution in [1.82, 2.24) is 25.2 Å². The van der Waals surface area contributed by atoms with Gasteiger partial charge in [-0.3, -0.25) is 9.59 Å². The second-order valence-electron chi connectivity index (χ2n) is 5.87. The summed E-state index contributed by atoms with van der Waals surface area (Å²) in [7, 11) is 0. The number of carbonyl (C=O) groups is 3. The Balaban J connectivity index is 1.44. The molecular formula is C15H15N5O4. The zero-order valence-electron chi connectivity index (χ0n) is 12.8. The normalized spacial score (nSPS) is 19.2. The monoisotopic (exact) mass is 329 g/mol. The van der Waals surface area contributed by atoms with E-state index in [1.807, 2.05) is 0 Å². The Morgan fingerprint density at radius 2 is 1.92 bits per heavy atom. The maximum absolute atomic E-state index is 12.6. The molecule has 9 nitrogen and oxygen atoms in total. The molecule has 2 saturated heterocycles. The molecule has 1 aromatic carbocycles. The molecule has 0 unspecified atom stereocenters. The van der Waals surface area contributed by atoms with E-state index in [4.69, 9.17) is 4.74 Å². The molecule has 1 aromatic heterocycles. The van der Waals surface area contributed by atoms with Crippen LogP contribution in [0.25, 0.3) is 11.0 Å². The fourth-order valence-corrected chi connectivity index (χ4v) is 3.20. The molecule has 24 heavy (non-hydrogen) atoms. The molecule has 0 saturated carbocycles. The first-order valence-corrected chi connectivity index (χ1v) is 7.72.